The van der Waals surface area contributed by atoms with Gasteiger partial charge in [-0.3, -0.25) is 4.90 Å². The molecule has 2 nitrogen and oxygen atoms in total. The lowest BCUT2D eigenvalue weighted by molar-refractivity contribution is 0.0766. The maximum absolute atomic E-state index is 3.67. The first-order valence-corrected chi connectivity index (χ1v) is 9.37. The highest BCUT2D eigenvalue weighted by Crippen LogP contribution is 2.42. The summed E-state index contributed by atoms with van der Waals surface area (Å²) in [5, 5.41) is 3.67. The Kier molecular flexibility index (Phi) is 5.62. The van der Waals surface area contributed by atoms with E-state index < -0.39 is 0 Å². The third-order valence-corrected chi connectivity index (χ3v) is 7.01. The van der Waals surface area contributed by atoms with Crippen molar-refractivity contribution in [2.75, 3.05) is 25.9 Å². The minimum absolute atomic E-state index is 0.568. The zero-order valence-corrected chi connectivity index (χ0v) is 14.1. The van der Waals surface area contributed by atoms with Gasteiger partial charge in [0.2, 0.25) is 0 Å². The zero-order valence-electron chi connectivity index (χ0n) is 13.2. The van der Waals surface area contributed by atoms with E-state index in [0.29, 0.717) is 4.75 Å². The fraction of sp³-hybridized carbons (Fsp3) is 1.00. The lowest BCUT2D eigenvalue weighted by atomic mass is 9.86. The lowest BCUT2D eigenvalue weighted by Crippen LogP contribution is -2.56. The summed E-state index contributed by atoms with van der Waals surface area (Å²) >= 11 is 2.13. The predicted molar refractivity (Wildman–Crippen MR) is 87.0 cm³/mol. The van der Waals surface area contributed by atoms with E-state index >= 15 is 0 Å². The molecule has 0 aromatic carbocycles. The van der Waals surface area contributed by atoms with Crippen molar-refractivity contribution in [2.24, 2.45) is 5.92 Å². The molecule has 2 fully saturated rings. The fourth-order valence-corrected chi connectivity index (χ4v) is 5.02. The molecular formula is C16H32N2S. The first-order chi connectivity index (χ1) is 9.12. The minimum Gasteiger partial charge on any atom is -0.314 e. The summed E-state index contributed by atoms with van der Waals surface area (Å²) in [5.74, 6) is 0.772. The van der Waals surface area contributed by atoms with Crippen LogP contribution in [-0.2, 0) is 0 Å². The number of hydrogen-bond acceptors (Lipinski definition) is 3. The highest BCUT2D eigenvalue weighted by Gasteiger charge is 2.39. The van der Waals surface area contributed by atoms with Gasteiger partial charge >= 0.3 is 0 Å². The van der Waals surface area contributed by atoms with Gasteiger partial charge in [-0.2, -0.15) is 11.8 Å². The molecule has 0 amide bonds. The molecule has 1 saturated carbocycles. The van der Waals surface area contributed by atoms with Gasteiger partial charge in [-0.1, -0.05) is 26.7 Å². The van der Waals surface area contributed by atoms with Gasteiger partial charge in [0.05, 0.1) is 0 Å². The maximum atomic E-state index is 3.67. The van der Waals surface area contributed by atoms with Crippen molar-refractivity contribution in [3.8, 4) is 0 Å². The van der Waals surface area contributed by atoms with Crippen LogP contribution in [0.25, 0.3) is 0 Å². The number of likely N-dealkylation sites (tertiary alicyclic amines) is 1. The summed E-state index contributed by atoms with van der Waals surface area (Å²) in [4.78, 5) is 2.78. The molecular weight excluding hydrogens is 252 g/mol. The molecule has 1 saturated heterocycles. The van der Waals surface area contributed by atoms with Crippen molar-refractivity contribution in [2.45, 2.75) is 69.7 Å². The Labute approximate surface area is 124 Å². The number of nitrogens with one attached hydrogen (secondary N) is 1. The Bertz CT molecular complexity index is 276. The number of thioether (sulfide) groups is 1. The van der Waals surface area contributed by atoms with Crippen molar-refractivity contribution < 1.29 is 0 Å². The van der Waals surface area contributed by atoms with Gasteiger partial charge in [0.25, 0.3) is 0 Å². The molecule has 1 N–H and O–H groups in total. The van der Waals surface area contributed by atoms with E-state index in [-0.39, 0.29) is 0 Å². The monoisotopic (exact) mass is 284 g/mol. The normalized spacial score (nSPS) is 35.7. The molecule has 2 rings (SSSR count). The van der Waals surface area contributed by atoms with Gasteiger partial charge in [-0.15, -0.1) is 0 Å². The highest BCUT2D eigenvalue weighted by molar-refractivity contribution is 8.00. The summed E-state index contributed by atoms with van der Waals surface area (Å²) in [6, 6.07) is 1.45. The Hall–Kier alpha value is 0.270. The van der Waals surface area contributed by atoms with Crippen LogP contribution in [0.4, 0.5) is 0 Å². The Morgan fingerprint density at radius 3 is 2.53 bits per heavy atom. The largest absolute Gasteiger partial charge is 0.314 e. The second-order valence-corrected chi connectivity index (χ2v) is 7.89. The molecule has 2 aliphatic rings. The van der Waals surface area contributed by atoms with E-state index in [1.165, 1.54) is 45.2 Å². The first-order valence-electron chi connectivity index (χ1n) is 8.14. The molecule has 0 bridgehead atoms. The Morgan fingerprint density at radius 2 is 1.95 bits per heavy atom. The van der Waals surface area contributed by atoms with E-state index in [4.69, 9.17) is 0 Å². The van der Waals surface area contributed by atoms with Crippen LogP contribution in [0.5, 0.6) is 0 Å². The van der Waals surface area contributed by atoms with E-state index in [2.05, 4.69) is 49.0 Å². The first kappa shape index (κ1) is 15.7. The smallest absolute Gasteiger partial charge is 0.0284 e. The van der Waals surface area contributed by atoms with Crippen LogP contribution in [0.3, 0.4) is 0 Å². The number of hydrogen-bond donors (Lipinski definition) is 1. The van der Waals surface area contributed by atoms with Crippen LogP contribution in [0.15, 0.2) is 0 Å². The Morgan fingerprint density at radius 1 is 1.26 bits per heavy atom. The topological polar surface area (TPSA) is 15.3 Å². The van der Waals surface area contributed by atoms with Crippen molar-refractivity contribution in [1.29, 1.82) is 0 Å². The summed E-state index contributed by atoms with van der Waals surface area (Å²) in [7, 11) is 0. The SMILES string of the molecule is CCNC1CCN(CC2(SC)CCCC2)C(C)C1C. The molecule has 3 unspecified atom stereocenters. The van der Waals surface area contributed by atoms with Crippen LogP contribution in [0, 0.1) is 5.92 Å². The van der Waals surface area contributed by atoms with Crippen LogP contribution in [0.2, 0.25) is 0 Å². The Balaban J connectivity index is 1.94. The number of nitrogens with zero attached hydrogens (tertiary/aromatic N) is 1. The molecule has 0 aromatic rings. The van der Waals surface area contributed by atoms with E-state index in [1.807, 2.05) is 0 Å². The molecule has 0 radical (unpaired) electrons. The van der Waals surface area contributed by atoms with Crippen molar-refractivity contribution in [3.63, 3.8) is 0 Å². The number of piperidine rings is 1. The average molecular weight is 285 g/mol. The molecule has 1 heterocycles. The van der Waals surface area contributed by atoms with Crippen LogP contribution in [0.1, 0.15) is 52.9 Å². The van der Waals surface area contributed by atoms with Gasteiger partial charge in [-0.05, 0) is 51.4 Å². The van der Waals surface area contributed by atoms with Crippen LogP contribution >= 0.6 is 11.8 Å². The van der Waals surface area contributed by atoms with Crippen molar-refractivity contribution in [1.82, 2.24) is 10.2 Å². The van der Waals surface area contributed by atoms with Crippen molar-refractivity contribution in [3.05, 3.63) is 0 Å². The summed E-state index contributed by atoms with van der Waals surface area (Å²) in [5.41, 5.74) is 0. The second kappa shape index (κ2) is 6.82. The molecule has 19 heavy (non-hydrogen) atoms. The van der Waals surface area contributed by atoms with Crippen LogP contribution in [-0.4, -0.2) is 47.6 Å². The molecule has 3 atom stereocenters. The molecule has 0 spiro atoms. The quantitative estimate of drug-likeness (QED) is 0.833. The summed E-state index contributed by atoms with van der Waals surface area (Å²) in [6.45, 7) is 10.8. The standard InChI is InChI=1S/C16H32N2S/c1-5-17-15-8-11-18(14(3)13(15)2)12-16(19-4)9-6-7-10-16/h13-15,17H,5-12H2,1-4H3. The number of rotatable bonds is 5. The fourth-order valence-electron chi connectivity index (χ4n) is 4.03. The zero-order chi connectivity index (χ0) is 13.9. The highest BCUT2D eigenvalue weighted by atomic mass is 32.2. The summed E-state index contributed by atoms with van der Waals surface area (Å²) < 4.78 is 0.568. The van der Waals surface area contributed by atoms with Gasteiger partial charge in [0.1, 0.15) is 0 Å². The molecule has 3 heteroatoms. The third-order valence-electron chi connectivity index (χ3n) is 5.60. The van der Waals surface area contributed by atoms with Gasteiger partial charge in [0, 0.05) is 23.4 Å². The minimum atomic E-state index is 0.568. The lowest BCUT2D eigenvalue weighted by Gasteiger charge is -2.46. The second-order valence-electron chi connectivity index (χ2n) is 6.62. The van der Waals surface area contributed by atoms with Crippen LogP contribution < -0.4 is 5.32 Å². The molecule has 1 aliphatic heterocycles. The molecule has 1 aliphatic carbocycles. The van der Waals surface area contributed by atoms with Gasteiger partial charge in [-0.25, -0.2) is 0 Å². The predicted octanol–water partition coefficient (Wildman–Crippen LogP) is 3.37. The van der Waals surface area contributed by atoms with E-state index in [0.717, 1.165) is 24.5 Å². The maximum Gasteiger partial charge on any atom is 0.0284 e. The van der Waals surface area contributed by atoms with Gasteiger partial charge < -0.3 is 5.32 Å². The van der Waals surface area contributed by atoms with Crippen molar-refractivity contribution >= 4 is 11.8 Å². The molecule has 112 valence electrons. The van der Waals surface area contributed by atoms with E-state index in [1.54, 1.807) is 0 Å². The third kappa shape index (κ3) is 3.48. The van der Waals surface area contributed by atoms with Gasteiger partial charge in [0.15, 0.2) is 0 Å². The van der Waals surface area contributed by atoms with E-state index in [9.17, 15) is 0 Å². The average Bonchev–Trinajstić information content (AvgIpc) is 2.88. The molecule has 0 aromatic heterocycles. The summed E-state index contributed by atoms with van der Waals surface area (Å²) in [6.07, 6.45) is 9.40.